The third-order valence-corrected chi connectivity index (χ3v) is 4.40. The number of hydrogen-bond acceptors (Lipinski definition) is 3. The first kappa shape index (κ1) is 16.9. The van der Waals surface area contributed by atoms with E-state index in [0.29, 0.717) is 6.04 Å². The van der Waals surface area contributed by atoms with Crippen molar-refractivity contribution in [2.45, 2.75) is 26.4 Å². The molecule has 3 nitrogen and oxygen atoms in total. The Balaban J connectivity index is 0.00000176. The molecule has 1 aromatic carbocycles. The molecule has 0 bridgehead atoms. The standard InChI is InChI=1S/C18H23N3.ClH/c1-14-3-4-16(11-15(14)2)13-21-10-9-20-12-18(21)17-5-7-19-8-6-17;/h3-8,11,18,20H,9-10,12-13H2,1-2H3;1H. The van der Waals surface area contributed by atoms with E-state index < -0.39 is 0 Å². The Labute approximate surface area is 139 Å². The van der Waals surface area contributed by atoms with Crippen molar-refractivity contribution in [1.29, 1.82) is 0 Å². The van der Waals surface area contributed by atoms with Gasteiger partial charge in [-0.05, 0) is 48.2 Å². The average molecular weight is 318 g/mol. The fourth-order valence-corrected chi connectivity index (χ4v) is 2.99. The molecule has 1 atom stereocenters. The maximum absolute atomic E-state index is 4.13. The summed E-state index contributed by atoms with van der Waals surface area (Å²) in [5, 5.41) is 3.51. The van der Waals surface area contributed by atoms with Crippen LogP contribution in [0.4, 0.5) is 0 Å². The molecule has 0 aliphatic carbocycles. The van der Waals surface area contributed by atoms with Crippen molar-refractivity contribution in [3.05, 3.63) is 65.0 Å². The number of benzene rings is 1. The first-order valence-electron chi connectivity index (χ1n) is 7.65. The van der Waals surface area contributed by atoms with Gasteiger partial charge in [0.25, 0.3) is 0 Å². The molecule has 2 aromatic rings. The second kappa shape index (κ2) is 7.73. The van der Waals surface area contributed by atoms with Gasteiger partial charge < -0.3 is 5.32 Å². The van der Waals surface area contributed by atoms with Crippen molar-refractivity contribution < 1.29 is 0 Å². The van der Waals surface area contributed by atoms with E-state index in [4.69, 9.17) is 0 Å². The van der Waals surface area contributed by atoms with E-state index in [1.165, 1.54) is 22.3 Å². The topological polar surface area (TPSA) is 28.2 Å². The molecule has 0 amide bonds. The number of aromatic nitrogens is 1. The fraction of sp³-hybridized carbons (Fsp3) is 0.389. The predicted octanol–water partition coefficient (Wildman–Crippen LogP) is 3.27. The van der Waals surface area contributed by atoms with Gasteiger partial charge in [0.2, 0.25) is 0 Å². The normalized spacial score (nSPS) is 18.7. The maximum Gasteiger partial charge on any atom is 0.0477 e. The average Bonchev–Trinajstić information content (AvgIpc) is 2.52. The molecular weight excluding hydrogens is 294 g/mol. The largest absolute Gasteiger partial charge is 0.314 e. The Kier molecular flexibility index (Phi) is 5.95. The highest BCUT2D eigenvalue weighted by molar-refractivity contribution is 5.85. The third-order valence-electron chi connectivity index (χ3n) is 4.40. The minimum Gasteiger partial charge on any atom is -0.314 e. The SMILES string of the molecule is Cc1ccc(CN2CCNCC2c2ccncc2)cc1C.Cl. The van der Waals surface area contributed by atoms with Gasteiger partial charge >= 0.3 is 0 Å². The van der Waals surface area contributed by atoms with Crippen molar-refractivity contribution in [2.75, 3.05) is 19.6 Å². The highest BCUT2D eigenvalue weighted by Gasteiger charge is 2.23. The molecule has 118 valence electrons. The van der Waals surface area contributed by atoms with Crippen LogP contribution < -0.4 is 5.32 Å². The lowest BCUT2D eigenvalue weighted by atomic mass is 10.0. The van der Waals surface area contributed by atoms with Crippen LogP contribution in [-0.2, 0) is 6.54 Å². The van der Waals surface area contributed by atoms with Gasteiger partial charge in [0.15, 0.2) is 0 Å². The minimum absolute atomic E-state index is 0. The quantitative estimate of drug-likeness (QED) is 0.941. The molecule has 1 fully saturated rings. The second-order valence-electron chi connectivity index (χ2n) is 5.89. The minimum atomic E-state index is 0. The Hall–Kier alpha value is -1.42. The summed E-state index contributed by atoms with van der Waals surface area (Å²) in [6, 6.07) is 11.5. The van der Waals surface area contributed by atoms with Gasteiger partial charge in [-0.2, -0.15) is 0 Å². The van der Waals surface area contributed by atoms with Crippen LogP contribution in [0.1, 0.15) is 28.3 Å². The van der Waals surface area contributed by atoms with Crippen LogP contribution in [0.25, 0.3) is 0 Å². The number of hydrogen-bond donors (Lipinski definition) is 1. The van der Waals surface area contributed by atoms with Crippen LogP contribution in [0.15, 0.2) is 42.7 Å². The zero-order chi connectivity index (χ0) is 14.7. The first-order chi connectivity index (χ1) is 10.2. The summed E-state index contributed by atoms with van der Waals surface area (Å²) in [6.45, 7) is 8.53. The van der Waals surface area contributed by atoms with Crippen LogP contribution in [0.2, 0.25) is 0 Å². The van der Waals surface area contributed by atoms with Gasteiger partial charge in [0, 0.05) is 44.6 Å². The molecule has 1 N–H and O–H groups in total. The second-order valence-corrected chi connectivity index (χ2v) is 5.89. The highest BCUT2D eigenvalue weighted by atomic mass is 35.5. The van der Waals surface area contributed by atoms with Gasteiger partial charge in [-0.1, -0.05) is 18.2 Å². The van der Waals surface area contributed by atoms with E-state index >= 15 is 0 Å². The Morgan fingerprint density at radius 3 is 2.64 bits per heavy atom. The van der Waals surface area contributed by atoms with E-state index in [9.17, 15) is 0 Å². The summed E-state index contributed by atoms with van der Waals surface area (Å²) < 4.78 is 0. The number of nitrogens with one attached hydrogen (secondary N) is 1. The number of nitrogens with zero attached hydrogens (tertiary/aromatic N) is 2. The molecule has 0 spiro atoms. The number of pyridine rings is 1. The monoisotopic (exact) mass is 317 g/mol. The van der Waals surface area contributed by atoms with Gasteiger partial charge in [-0.25, -0.2) is 0 Å². The zero-order valence-corrected chi connectivity index (χ0v) is 14.1. The summed E-state index contributed by atoms with van der Waals surface area (Å²) in [4.78, 5) is 6.70. The molecule has 0 saturated carbocycles. The van der Waals surface area contributed by atoms with Crippen LogP contribution in [0, 0.1) is 13.8 Å². The Morgan fingerprint density at radius 1 is 1.14 bits per heavy atom. The van der Waals surface area contributed by atoms with E-state index in [-0.39, 0.29) is 12.4 Å². The maximum atomic E-state index is 4.13. The lowest BCUT2D eigenvalue weighted by Gasteiger charge is -2.36. The highest BCUT2D eigenvalue weighted by Crippen LogP contribution is 2.24. The van der Waals surface area contributed by atoms with E-state index in [1.54, 1.807) is 0 Å². The molecule has 1 saturated heterocycles. The predicted molar refractivity (Wildman–Crippen MR) is 93.4 cm³/mol. The molecule has 22 heavy (non-hydrogen) atoms. The Morgan fingerprint density at radius 2 is 1.91 bits per heavy atom. The molecular formula is C18H24ClN3. The molecule has 3 rings (SSSR count). The molecule has 0 radical (unpaired) electrons. The van der Waals surface area contributed by atoms with Gasteiger partial charge in [0.05, 0.1) is 0 Å². The summed E-state index contributed by atoms with van der Waals surface area (Å²) in [6.07, 6.45) is 3.77. The number of aryl methyl sites for hydroxylation is 2. The number of halogens is 1. The van der Waals surface area contributed by atoms with Crippen molar-refractivity contribution >= 4 is 12.4 Å². The lowest BCUT2D eigenvalue weighted by Crippen LogP contribution is -2.45. The number of rotatable bonds is 3. The number of piperazine rings is 1. The molecule has 1 aromatic heterocycles. The molecule has 1 aliphatic heterocycles. The van der Waals surface area contributed by atoms with E-state index in [1.807, 2.05) is 12.4 Å². The van der Waals surface area contributed by atoms with Crippen LogP contribution in [0.3, 0.4) is 0 Å². The lowest BCUT2D eigenvalue weighted by molar-refractivity contribution is 0.153. The van der Waals surface area contributed by atoms with Crippen molar-refractivity contribution in [1.82, 2.24) is 15.2 Å². The molecule has 1 unspecified atom stereocenters. The summed E-state index contributed by atoms with van der Waals surface area (Å²) >= 11 is 0. The summed E-state index contributed by atoms with van der Waals surface area (Å²) in [5.74, 6) is 0. The molecule has 4 heteroatoms. The third kappa shape index (κ3) is 3.86. The van der Waals surface area contributed by atoms with Crippen molar-refractivity contribution in [3.63, 3.8) is 0 Å². The molecule has 2 heterocycles. The van der Waals surface area contributed by atoms with Crippen LogP contribution in [0.5, 0.6) is 0 Å². The Bertz CT molecular complexity index is 601. The van der Waals surface area contributed by atoms with E-state index in [2.05, 4.69) is 59.4 Å². The van der Waals surface area contributed by atoms with Crippen LogP contribution >= 0.6 is 12.4 Å². The first-order valence-corrected chi connectivity index (χ1v) is 7.65. The smallest absolute Gasteiger partial charge is 0.0477 e. The van der Waals surface area contributed by atoms with Crippen molar-refractivity contribution in [3.8, 4) is 0 Å². The van der Waals surface area contributed by atoms with Crippen LogP contribution in [-0.4, -0.2) is 29.5 Å². The van der Waals surface area contributed by atoms with Gasteiger partial charge in [-0.3, -0.25) is 9.88 Å². The van der Waals surface area contributed by atoms with Gasteiger partial charge in [-0.15, -0.1) is 12.4 Å². The molecule has 1 aliphatic rings. The summed E-state index contributed by atoms with van der Waals surface area (Å²) in [5.41, 5.74) is 5.49. The summed E-state index contributed by atoms with van der Waals surface area (Å²) in [7, 11) is 0. The fourth-order valence-electron chi connectivity index (χ4n) is 2.99. The zero-order valence-electron chi connectivity index (χ0n) is 13.2. The van der Waals surface area contributed by atoms with E-state index in [0.717, 1.165) is 26.2 Å². The van der Waals surface area contributed by atoms with Gasteiger partial charge in [0.1, 0.15) is 0 Å². The van der Waals surface area contributed by atoms with Crippen molar-refractivity contribution in [2.24, 2.45) is 0 Å².